The van der Waals surface area contributed by atoms with Gasteiger partial charge in [0.15, 0.2) is 0 Å². The van der Waals surface area contributed by atoms with Gasteiger partial charge in [0, 0.05) is 11.8 Å². The van der Waals surface area contributed by atoms with E-state index in [-0.39, 0.29) is 5.56 Å². The van der Waals surface area contributed by atoms with Crippen molar-refractivity contribution in [3.8, 4) is 6.07 Å². The van der Waals surface area contributed by atoms with E-state index in [0.29, 0.717) is 34.6 Å². The fourth-order valence-corrected chi connectivity index (χ4v) is 2.65. The molecular weight excluding hydrogens is 278 g/mol. The van der Waals surface area contributed by atoms with E-state index in [1.54, 1.807) is 16.8 Å². The maximum atomic E-state index is 12.7. The molecule has 3 aromatic rings. The third-order valence-electron chi connectivity index (χ3n) is 3.74. The van der Waals surface area contributed by atoms with E-state index in [2.05, 4.69) is 11.1 Å². The Morgan fingerprint density at radius 3 is 2.95 bits per heavy atom. The minimum absolute atomic E-state index is 0.190. The second-order valence-electron chi connectivity index (χ2n) is 5.25. The topological polar surface area (TPSA) is 88.1 Å². The third kappa shape index (κ3) is 1.91. The Balaban J connectivity index is 2.59. The lowest BCUT2D eigenvalue weighted by atomic mass is 10.2. The first kappa shape index (κ1) is 14.0. The number of nitrogens with zero attached hydrogens (tertiary/aromatic N) is 4. The summed E-state index contributed by atoms with van der Waals surface area (Å²) in [5, 5.41) is 9.65. The van der Waals surface area contributed by atoms with E-state index in [1.165, 1.54) is 10.5 Å². The minimum atomic E-state index is -0.190. The molecule has 0 aliphatic carbocycles. The van der Waals surface area contributed by atoms with Gasteiger partial charge in [-0.1, -0.05) is 18.0 Å². The predicted molar refractivity (Wildman–Crippen MR) is 83.3 cm³/mol. The first-order valence-corrected chi connectivity index (χ1v) is 7.12. The van der Waals surface area contributed by atoms with Gasteiger partial charge >= 0.3 is 0 Å². The molecule has 3 aromatic heterocycles. The Morgan fingerprint density at radius 2 is 2.27 bits per heavy atom. The van der Waals surface area contributed by atoms with E-state index in [4.69, 9.17) is 5.73 Å². The zero-order valence-corrected chi connectivity index (χ0v) is 12.5. The Labute approximate surface area is 127 Å². The van der Waals surface area contributed by atoms with Gasteiger partial charge in [-0.15, -0.1) is 0 Å². The van der Waals surface area contributed by atoms with Crippen LogP contribution < -0.4 is 15.9 Å². The summed E-state index contributed by atoms with van der Waals surface area (Å²) in [4.78, 5) is 17.4. The van der Waals surface area contributed by atoms with Crippen molar-refractivity contribution in [2.24, 2.45) is 0 Å². The van der Waals surface area contributed by atoms with Crippen molar-refractivity contribution in [3.05, 3.63) is 45.9 Å². The molecule has 22 heavy (non-hydrogen) atoms. The lowest BCUT2D eigenvalue weighted by molar-refractivity contribution is -0.658. The number of anilines is 1. The molecule has 6 nitrogen and oxygen atoms in total. The molecule has 0 unspecified atom stereocenters. The molecule has 3 rings (SSSR count). The highest BCUT2D eigenvalue weighted by atomic mass is 16.1. The van der Waals surface area contributed by atoms with Crippen LogP contribution in [0.5, 0.6) is 0 Å². The molecule has 0 radical (unpaired) electrons. The zero-order chi connectivity index (χ0) is 15.9. The highest BCUT2D eigenvalue weighted by Gasteiger charge is 2.20. The summed E-state index contributed by atoms with van der Waals surface area (Å²) in [6.45, 7) is 4.52. The molecule has 0 aromatic carbocycles. The summed E-state index contributed by atoms with van der Waals surface area (Å²) in [6.07, 6.45) is 2.51. The number of pyridine rings is 2. The Hall–Kier alpha value is -2.94. The minimum Gasteiger partial charge on any atom is -0.317 e. The van der Waals surface area contributed by atoms with Gasteiger partial charge < -0.3 is 5.73 Å². The molecule has 3 heterocycles. The van der Waals surface area contributed by atoms with Gasteiger partial charge in [0.25, 0.3) is 11.2 Å². The molecular formula is C16H16N5O+. The number of fused-ring (bicyclic) bond motifs is 2. The molecule has 2 N–H and O–H groups in total. The molecule has 0 atom stereocenters. The van der Waals surface area contributed by atoms with Crippen LogP contribution in [-0.2, 0) is 6.54 Å². The highest BCUT2D eigenvalue weighted by molar-refractivity contribution is 5.77. The number of hydrogen-bond donors (Lipinski definition) is 1. The van der Waals surface area contributed by atoms with Gasteiger partial charge in [0.2, 0.25) is 11.5 Å². The maximum absolute atomic E-state index is 12.7. The van der Waals surface area contributed by atoms with E-state index in [1.807, 2.05) is 19.9 Å². The van der Waals surface area contributed by atoms with Crippen molar-refractivity contribution < 1.29 is 4.57 Å². The number of nitriles is 1. The predicted octanol–water partition coefficient (Wildman–Crippen LogP) is 1.31. The normalized spacial score (nSPS) is 11.0. The fraction of sp³-hybridized carbons (Fsp3) is 0.250. The van der Waals surface area contributed by atoms with Crippen LogP contribution in [0.2, 0.25) is 0 Å². The van der Waals surface area contributed by atoms with Gasteiger partial charge in [0.05, 0.1) is 6.54 Å². The average Bonchev–Trinajstić information content (AvgIpc) is 2.51. The summed E-state index contributed by atoms with van der Waals surface area (Å²) >= 11 is 0. The fourth-order valence-electron chi connectivity index (χ4n) is 2.65. The number of aromatic nitrogens is 3. The number of nitrogen functional groups attached to an aromatic ring is 1. The van der Waals surface area contributed by atoms with Crippen molar-refractivity contribution in [1.29, 1.82) is 5.26 Å². The summed E-state index contributed by atoms with van der Waals surface area (Å²) in [5.74, 6) is 0.349. The first-order valence-electron chi connectivity index (χ1n) is 7.12. The Kier molecular flexibility index (Phi) is 3.26. The van der Waals surface area contributed by atoms with Crippen molar-refractivity contribution in [1.82, 2.24) is 9.38 Å². The van der Waals surface area contributed by atoms with Crippen molar-refractivity contribution in [2.75, 3.05) is 5.73 Å². The first-order chi connectivity index (χ1) is 10.6. The monoisotopic (exact) mass is 294 g/mol. The van der Waals surface area contributed by atoms with Crippen LogP contribution >= 0.6 is 0 Å². The van der Waals surface area contributed by atoms with Crippen LogP contribution in [0, 0.1) is 18.3 Å². The summed E-state index contributed by atoms with van der Waals surface area (Å²) < 4.78 is 3.26. The Morgan fingerprint density at radius 1 is 1.50 bits per heavy atom. The molecule has 0 fully saturated rings. The van der Waals surface area contributed by atoms with Crippen LogP contribution in [0.15, 0.2) is 29.2 Å². The lowest BCUT2D eigenvalue weighted by Gasteiger charge is -2.09. The molecule has 0 aliphatic rings. The third-order valence-corrected chi connectivity index (χ3v) is 3.74. The molecule has 0 amide bonds. The van der Waals surface area contributed by atoms with E-state index >= 15 is 0 Å². The zero-order valence-electron chi connectivity index (χ0n) is 12.5. The summed E-state index contributed by atoms with van der Waals surface area (Å²) in [5.41, 5.74) is 8.22. The van der Waals surface area contributed by atoms with Gasteiger partial charge in [-0.3, -0.25) is 9.20 Å². The highest BCUT2D eigenvalue weighted by Crippen LogP contribution is 2.14. The quantitative estimate of drug-likeness (QED) is 0.570. The molecule has 0 saturated carbocycles. The van der Waals surface area contributed by atoms with Crippen LogP contribution in [-0.4, -0.2) is 9.38 Å². The largest absolute Gasteiger partial charge is 0.317 e. The van der Waals surface area contributed by atoms with Crippen molar-refractivity contribution in [2.45, 2.75) is 26.8 Å². The summed E-state index contributed by atoms with van der Waals surface area (Å²) in [7, 11) is 0. The van der Waals surface area contributed by atoms with E-state index < -0.39 is 0 Å². The lowest BCUT2D eigenvalue weighted by Crippen LogP contribution is -2.41. The van der Waals surface area contributed by atoms with Crippen LogP contribution in [0.3, 0.4) is 0 Å². The molecule has 0 aliphatic heterocycles. The standard InChI is InChI=1S/C16H15N5O/c1-3-6-20-13(18)11(9-17)8-12-15(20)19-14-10(2)5-4-7-21(14)16(12)22/h4-5,7-8,18H,3,6H2,1-2H3/p+1. The summed E-state index contributed by atoms with van der Waals surface area (Å²) in [6, 6.07) is 7.29. The van der Waals surface area contributed by atoms with Gasteiger partial charge in [-0.2, -0.15) is 5.26 Å². The number of hydrogen-bond acceptors (Lipinski definition) is 4. The maximum Gasteiger partial charge on any atom is 0.278 e. The number of rotatable bonds is 2. The molecule has 6 heteroatoms. The second kappa shape index (κ2) is 5.11. The van der Waals surface area contributed by atoms with Crippen molar-refractivity contribution in [3.63, 3.8) is 0 Å². The van der Waals surface area contributed by atoms with Gasteiger partial charge in [-0.25, -0.2) is 4.57 Å². The molecule has 0 bridgehead atoms. The van der Waals surface area contributed by atoms with Gasteiger partial charge in [-0.05, 0) is 25.5 Å². The van der Waals surface area contributed by atoms with E-state index in [9.17, 15) is 10.1 Å². The van der Waals surface area contributed by atoms with Gasteiger partial charge in [0.1, 0.15) is 17.0 Å². The molecule has 0 spiro atoms. The second-order valence-corrected chi connectivity index (χ2v) is 5.25. The SMILES string of the molecule is CCC[n+]1c(N)c(C#N)cc2c(=O)n3cccc(C)c3nc21. The van der Waals surface area contributed by atoms with Crippen molar-refractivity contribution >= 4 is 22.5 Å². The average molecular weight is 294 g/mol. The van der Waals surface area contributed by atoms with Crippen LogP contribution in [0.4, 0.5) is 5.82 Å². The van der Waals surface area contributed by atoms with Crippen LogP contribution in [0.25, 0.3) is 16.7 Å². The molecule has 110 valence electrons. The molecule has 0 saturated heterocycles. The smallest absolute Gasteiger partial charge is 0.278 e. The number of nitrogens with two attached hydrogens (primary N) is 1. The number of aryl methyl sites for hydroxylation is 2. The van der Waals surface area contributed by atoms with Crippen LogP contribution in [0.1, 0.15) is 24.5 Å². The Bertz CT molecular complexity index is 997. The van der Waals surface area contributed by atoms with E-state index in [0.717, 1.165) is 12.0 Å².